The van der Waals surface area contributed by atoms with Gasteiger partial charge in [-0.2, -0.15) is 0 Å². The number of likely N-dealkylation sites (tertiary alicyclic amines) is 1. The molecule has 66 valence electrons. The molecule has 1 rings (SSSR count). The molecule has 1 heterocycles. The number of nitrogens with zero attached hydrogens (tertiary/aromatic N) is 1. The van der Waals surface area contributed by atoms with Gasteiger partial charge in [-0.15, -0.1) is 0 Å². The van der Waals surface area contributed by atoms with Gasteiger partial charge in [-0.3, -0.25) is 0 Å². The molecule has 1 aliphatic rings. The van der Waals surface area contributed by atoms with Crippen molar-refractivity contribution in [3.63, 3.8) is 0 Å². The standard InChI is InChI=1S/C9H20N2/c1-8(2)10-9-5-4-6-11(3)7-9/h8-10H,4-7H2,1-3H3. The summed E-state index contributed by atoms with van der Waals surface area (Å²) < 4.78 is 0. The van der Waals surface area contributed by atoms with E-state index in [2.05, 4.69) is 31.1 Å². The monoisotopic (exact) mass is 156 g/mol. The van der Waals surface area contributed by atoms with Gasteiger partial charge < -0.3 is 10.2 Å². The van der Waals surface area contributed by atoms with Crippen molar-refractivity contribution >= 4 is 0 Å². The molecule has 2 nitrogen and oxygen atoms in total. The zero-order valence-electron chi connectivity index (χ0n) is 7.93. The summed E-state index contributed by atoms with van der Waals surface area (Å²) in [6.07, 6.45) is 2.70. The summed E-state index contributed by atoms with van der Waals surface area (Å²) in [6, 6.07) is 1.36. The zero-order chi connectivity index (χ0) is 8.27. The van der Waals surface area contributed by atoms with Crippen LogP contribution >= 0.6 is 0 Å². The van der Waals surface area contributed by atoms with Crippen LogP contribution in [0.2, 0.25) is 0 Å². The van der Waals surface area contributed by atoms with Gasteiger partial charge in [0.2, 0.25) is 0 Å². The highest BCUT2D eigenvalue weighted by atomic mass is 15.1. The molecular formula is C9H20N2. The van der Waals surface area contributed by atoms with Crippen molar-refractivity contribution in [1.29, 1.82) is 0 Å². The van der Waals surface area contributed by atoms with Crippen LogP contribution in [0.1, 0.15) is 26.7 Å². The summed E-state index contributed by atoms with van der Waals surface area (Å²) in [5.74, 6) is 0. The lowest BCUT2D eigenvalue weighted by Crippen LogP contribution is -2.46. The summed E-state index contributed by atoms with van der Waals surface area (Å²) in [5, 5.41) is 3.57. The highest BCUT2D eigenvalue weighted by Gasteiger charge is 2.16. The predicted molar refractivity (Wildman–Crippen MR) is 48.8 cm³/mol. The Kier molecular flexibility index (Phi) is 3.34. The van der Waals surface area contributed by atoms with Gasteiger partial charge in [-0.05, 0) is 26.4 Å². The van der Waals surface area contributed by atoms with Gasteiger partial charge in [-0.25, -0.2) is 0 Å². The Hall–Kier alpha value is -0.0800. The quantitative estimate of drug-likeness (QED) is 0.643. The zero-order valence-corrected chi connectivity index (χ0v) is 7.93. The minimum atomic E-state index is 0.631. The number of hydrogen-bond acceptors (Lipinski definition) is 2. The largest absolute Gasteiger partial charge is 0.311 e. The third-order valence-electron chi connectivity index (χ3n) is 2.19. The maximum atomic E-state index is 3.57. The molecule has 2 heteroatoms. The van der Waals surface area contributed by atoms with E-state index in [1.807, 2.05) is 0 Å². The summed E-state index contributed by atoms with van der Waals surface area (Å²) in [6.45, 7) is 6.93. The van der Waals surface area contributed by atoms with E-state index in [1.54, 1.807) is 0 Å². The average Bonchev–Trinajstić information content (AvgIpc) is 1.85. The second-order valence-corrected chi connectivity index (χ2v) is 3.92. The van der Waals surface area contributed by atoms with Crippen LogP contribution in [0.4, 0.5) is 0 Å². The fraction of sp³-hybridized carbons (Fsp3) is 1.00. The smallest absolute Gasteiger partial charge is 0.0197 e. The molecule has 0 radical (unpaired) electrons. The van der Waals surface area contributed by atoms with Gasteiger partial charge in [0.25, 0.3) is 0 Å². The van der Waals surface area contributed by atoms with Crippen LogP contribution in [0.25, 0.3) is 0 Å². The van der Waals surface area contributed by atoms with Crippen molar-refractivity contribution in [1.82, 2.24) is 10.2 Å². The van der Waals surface area contributed by atoms with E-state index in [0.29, 0.717) is 6.04 Å². The molecule has 0 aliphatic carbocycles. The molecule has 0 saturated carbocycles. The Morgan fingerprint density at radius 3 is 2.73 bits per heavy atom. The lowest BCUT2D eigenvalue weighted by Gasteiger charge is -2.31. The minimum Gasteiger partial charge on any atom is -0.311 e. The number of rotatable bonds is 2. The van der Waals surface area contributed by atoms with E-state index < -0.39 is 0 Å². The van der Waals surface area contributed by atoms with Crippen molar-refractivity contribution in [3.05, 3.63) is 0 Å². The molecule has 1 N–H and O–H groups in total. The first-order chi connectivity index (χ1) is 5.18. The van der Waals surface area contributed by atoms with Crippen LogP contribution in [0.3, 0.4) is 0 Å². The lowest BCUT2D eigenvalue weighted by atomic mass is 10.1. The Balaban J connectivity index is 2.23. The predicted octanol–water partition coefficient (Wildman–Crippen LogP) is 1.08. The average molecular weight is 156 g/mol. The third-order valence-corrected chi connectivity index (χ3v) is 2.19. The van der Waals surface area contributed by atoms with Gasteiger partial charge in [-0.1, -0.05) is 13.8 Å². The van der Waals surface area contributed by atoms with Crippen molar-refractivity contribution in [2.45, 2.75) is 38.8 Å². The molecule has 1 atom stereocenters. The minimum absolute atomic E-state index is 0.631. The van der Waals surface area contributed by atoms with E-state index >= 15 is 0 Å². The summed E-state index contributed by atoms with van der Waals surface area (Å²) >= 11 is 0. The molecule has 0 aromatic carbocycles. The van der Waals surface area contributed by atoms with Crippen LogP contribution in [-0.4, -0.2) is 37.1 Å². The molecule has 0 bridgehead atoms. The summed E-state index contributed by atoms with van der Waals surface area (Å²) in [5.41, 5.74) is 0. The highest BCUT2D eigenvalue weighted by Crippen LogP contribution is 2.08. The second kappa shape index (κ2) is 4.07. The topological polar surface area (TPSA) is 15.3 Å². The van der Waals surface area contributed by atoms with Gasteiger partial charge in [0, 0.05) is 18.6 Å². The number of hydrogen-bond donors (Lipinski definition) is 1. The van der Waals surface area contributed by atoms with E-state index in [0.717, 1.165) is 6.04 Å². The first-order valence-corrected chi connectivity index (χ1v) is 4.63. The molecule has 0 aromatic rings. The van der Waals surface area contributed by atoms with E-state index in [1.165, 1.54) is 25.9 Å². The normalized spacial score (nSPS) is 27.8. The number of likely N-dealkylation sites (N-methyl/N-ethyl adjacent to an activating group) is 1. The maximum Gasteiger partial charge on any atom is 0.0197 e. The molecule has 1 aliphatic heterocycles. The van der Waals surface area contributed by atoms with Crippen molar-refractivity contribution in [2.75, 3.05) is 20.1 Å². The van der Waals surface area contributed by atoms with Crippen LogP contribution in [0.5, 0.6) is 0 Å². The van der Waals surface area contributed by atoms with Crippen LogP contribution in [0, 0.1) is 0 Å². The SMILES string of the molecule is CC(C)NC1CCCN(C)C1. The number of nitrogens with one attached hydrogen (secondary N) is 1. The van der Waals surface area contributed by atoms with E-state index in [4.69, 9.17) is 0 Å². The van der Waals surface area contributed by atoms with Crippen LogP contribution in [0.15, 0.2) is 0 Å². The molecule has 11 heavy (non-hydrogen) atoms. The van der Waals surface area contributed by atoms with Gasteiger partial charge in [0.1, 0.15) is 0 Å². The van der Waals surface area contributed by atoms with Crippen molar-refractivity contribution in [3.8, 4) is 0 Å². The fourth-order valence-electron chi connectivity index (χ4n) is 1.77. The van der Waals surface area contributed by atoms with Crippen LogP contribution < -0.4 is 5.32 Å². The van der Waals surface area contributed by atoms with Crippen molar-refractivity contribution in [2.24, 2.45) is 0 Å². The van der Waals surface area contributed by atoms with E-state index in [-0.39, 0.29) is 0 Å². The molecule has 0 amide bonds. The molecule has 0 aromatic heterocycles. The Labute approximate surface area is 70.0 Å². The Morgan fingerprint density at radius 2 is 2.18 bits per heavy atom. The first kappa shape index (κ1) is 9.01. The molecule has 1 unspecified atom stereocenters. The van der Waals surface area contributed by atoms with Crippen molar-refractivity contribution < 1.29 is 0 Å². The van der Waals surface area contributed by atoms with Crippen LogP contribution in [-0.2, 0) is 0 Å². The van der Waals surface area contributed by atoms with Gasteiger partial charge in [0.15, 0.2) is 0 Å². The second-order valence-electron chi connectivity index (χ2n) is 3.92. The van der Waals surface area contributed by atoms with Gasteiger partial charge >= 0.3 is 0 Å². The summed E-state index contributed by atoms with van der Waals surface area (Å²) in [7, 11) is 2.20. The van der Waals surface area contributed by atoms with E-state index in [9.17, 15) is 0 Å². The molecular weight excluding hydrogens is 136 g/mol. The number of piperidine rings is 1. The fourth-order valence-corrected chi connectivity index (χ4v) is 1.77. The maximum absolute atomic E-state index is 3.57. The Morgan fingerprint density at radius 1 is 1.45 bits per heavy atom. The summed E-state index contributed by atoms with van der Waals surface area (Å²) in [4.78, 5) is 2.41. The van der Waals surface area contributed by atoms with Gasteiger partial charge in [0.05, 0.1) is 0 Å². The lowest BCUT2D eigenvalue weighted by molar-refractivity contribution is 0.220. The molecule has 0 spiro atoms. The Bertz CT molecular complexity index is 110. The third kappa shape index (κ3) is 3.21. The molecule has 1 fully saturated rings. The molecule has 1 saturated heterocycles. The first-order valence-electron chi connectivity index (χ1n) is 4.63. The highest BCUT2D eigenvalue weighted by molar-refractivity contribution is 4.77.